The van der Waals surface area contributed by atoms with Crippen LogP contribution in [0, 0.1) is 10.1 Å². The number of hydrazine groups is 1. The molecule has 1 fully saturated rings. The third-order valence-electron chi connectivity index (χ3n) is 3.20. The number of nitrogens with one attached hydrogen (secondary N) is 1. The van der Waals surface area contributed by atoms with Crippen molar-refractivity contribution < 1.29 is 9.66 Å². The minimum Gasteiger partial charge on any atom is -0.381 e. The van der Waals surface area contributed by atoms with Crippen LogP contribution in [0.5, 0.6) is 0 Å². The Morgan fingerprint density at radius 3 is 2.74 bits per heavy atom. The van der Waals surface area contributed by atoms with Crippen LogP contribution in [0.15, 0.2) is 6.33 Å². The molecule has 0 aromatic carbocycles. The van der Waals surface area contributed by atoms with Gasteiger partial charge in [0.15, 0.2) is 0 Å². The summed E-state index contributed by atoms with van der Waals surface area (Å²) in [6, 6.07) is 0. The molecule has 0 spiro atoms. The lowest BCUT2D eigenvalue weighted by atomic mass is 10.1. The van der Waals surface area contributed by atoms with Gasteiger partial charge in [0, 0.05) is 20.2 Å². The van der Waals surface area contributed by atoms with Crippen LogP contribution in [0.25, 0.3) is 0 Å². The molecule has 1 aromatic rings. The van der Waals surface area contributed by atoms with Gasteiger partial charge in [-0.3, -0.25) is 10.1 Å². The lowest BCUT2D eigenvalue weighted by molar-refractivity contribution is -0.383. The predicted octanol–water partition coefficient (Wildman–Crippen LogP) is 0.286. The van der Waals surface area contributed by atoms with Crippen LogP contribution < -0.4 is 16.2 Å². The molecular formula is C10H16N6O3. The van der Waals surface area contributed by atoms with Gasteiger partial charge in [0.05, 0.1) is 11.0 Å². The number of nitrogens with zero attached hydrogens (tertiary/aromatic N) is 4. The number of piperidine rings is 1. The number of nitrogens with two attached hydrogens (primary N) is 1. The van der Waals surface area contributed by atoms with E-state index in [1.165, 1.54) is 6.33 Å². The highest BCUT2D eigenvalue weighted by molar-refractivity contribution is 5.69. The maximum Gasteiger partial charge on any atom is 0.354 e. The normalized spacial score (nSPS) is 16.4. The molecule has 2 heterocycles. The van der Waals surface area contributed by atoms with Gasteiger partial charge in [-0.05, 0) is 12.8 Å². The van der Waals surface area contributed by atoms with Crippen molar-refractivity contribution in [3.8, 4) is 0 Å². The monoisotopic (exact) mass is 268 g/mol. The van der Waals surface area contributed by atoms with Crippen molar-refractivity contribution in [2.75, 3.05) is 30.5 Å². The van der Waals surface area contributed by atoms with Crippen molar-refractivity contribution in [2.24, 2.45) is 5.84 Å². The average Bonchev–Trinajstić information content (AvgIpc) is 2.46. The number of hydrogen-bond donors (Lipinski definition) is 2. The summed E-state index contributed by atoms with van der Waals surface area (Å²) in [5.74, 6) is 5.56. The smallest absolute Gasteiger partial charge is 0.354 e. The second-order valence-corrected chi connectivity index (χ2v) is 4.22. The first kappa shape index (κ1) is 13.4. The SMILES string of the molecule is COC1CCN(c2ncnc(NN)c2[N+](=O)[O-])CC1. The highest BCUT2D eigenvalue weighted by atomic mass is 16.6. The van der Waals surface area contributed by atoms with Crippen LogP contribution in [0.3, 0.4) is 0 Å². The van der Waals surface area contributed by atoms with Gasteiger partial charge < -0.3 is 15.1 Å². The molecule has 1 saturated heterocycles. The summed E-state index contributed by atoms with van der Waals surface area (Å²) >= 11 is 0. The van der Waals surface area contributed by atoms with Gasteiger partial charge in [-0.2, -0.15) is 0 Å². The molecule has 0 atom stereocenters. The molecule has 1 aromatic heterocycles. The van der Waals surface area contributed by atoms with Crippen molar-refractivity contribution >= 4 is 17.3 Å². The highest BCUT2D eigenvalue weighted by Gasteiger charge is 2.29. The Morgan fingerprint density at radius 1 is 1.53 bits per heavy atom. The zero-order valence-electron chi connectivity index (χ0n) is 10.6. The third-order valence-corrected chi connectivity index (χ3v) is 3.20. The maximum absolute atomic E-state index is 11.1. The molecule has 0 amide bonds. The number of hydrogen-bond acceptors (Lipinski definition) is 8. The van der Waals surface area contributed by atoms with Gasteiger partial charge in [0.25, 0.3) is 0 Å². The maximum atomic E-state index is 11.1. The largest absolute Gasteiger partial charge is 0.381 e. The first-order valence-electron chi connectivity index (χ1n) is 5.91. The Kier molecular flexibility index (Phi) is 4.07. The molecule has 9 nitrogen and oxygen atoms in total. The Bertz CT molecular complexity index is 461. The van der Waals surface area contributed by atoms with Crippen LogP contribution in [-0.2, 0) is 4.74 Å². The Balaban J connectivity index is 2.27. The first-order chi connectivity index (χ1) is 9.17. The quantitative estimate of drug-likeness (QED) is 0.454. The van der Waals surface area contributed by atoms with Crippen LogP contribution >= 0.6 is 0 Å². The Hall–Kier alpha value is -2.00. The van der Waals surface area contributed by atoms with Gasteiger partial charge in [0.2, 0.25) is 11.6 Å². The van der Waals surface area contributed by atoms with Crippen molar-refractivity contribution in [1.29, 1.82) is 0 Å². The van der Waals surface area contributed by atoms with Crippen molar-refractivity contribution in [2.45, 2.75) is 18.9 Å². The van der Waals surface area contributed by atoms with Gasteiger partial charge in [0.1, 0.15) is 6.33 Å². The van der Waals surface area contributed by atoms with Gasteiger partial charge >= 0.3 is 5.69 Å². The van der Waals surface area contributed by atoms with Gasteiger partial charge in [-0.25, -0.2) is 15.8 Å². The van der Waals surface area contributed by atoms with Crippen LogP contribution in [-0.4, -0.2) is 41.2 Å². The van der Waals surface area contributed by atoms with Gasteiger partial charge in [-0.1, -0.05) is 0 Å². The molecule has 3 N–H and O–H groups in total. The van der Waals surface area contributed by atoms with E-state index in [2.05, 4.69) is 15.4 Å². The third kappa shape index (κ3) is 2.71. The second-order valence-electron chi connectivity index (χ2n) is 4.22. The number of nitrogen functional groups attached to an aromatic ring is 1. The molecule has 19 heavy (non-hydrogen) atoms. The average molecular weight is 268 g/mol. The predicted molar refractivity (Wildman–Crippen MR) is 68.7 cm³/mol. The second kappa shape index (κ2) is 5.76. The fourth-order valence-electron chi connectivity index (χ4n) is 2.18. The van der Waals surface area contributed by atoms with Crippen LogP contribution in [0.4, 0.5) is 17.3 Å². The van der Waals surface area contributed by atoms with Gasteiger partial charge in [-0.15, -0.1) is 0 Å². The number of aromatic nitrogens is 2. The van der Waals surface area contributed by atoms with E-state index in [1.807, 2.05) is 4.90 Å². The fraction of sp³-hybridized carbons (Fsp3) is 0.600. The first-order valence-corrected chi connectivity index (χ1v) is 5.91. The Morgan fingerprint density at radius 2 is 2.21 bits per heavy atom. The van der Waals surface area contributed by atoms with E-state index in [1.54, 1.807) is 7.11 Å². The minimum atomic E-state index is -0.521. The number of anilines is 2. The summed E-state index contributed by atoms with van der Waals surface area (Å²) in [5.41, 5.74) is 2.04. The van der Waals surface area contributed by atoms with E-state index in [9.17, 15) is 10.1 Å². The lowest BCUT2D eigenvalue weighted by Gasteiger charge is -2.31. The van der Waals surface area contributed by atoms with E-state index in [4.69, 9.17) is 10.6 Å². The van der Waals surface area contributed by atoms with E-state index in [0.717, 1.165) is 12.8 Å². The summed E-state index contributed by atoms with van der Waals surface area (Å²) in [4.78, 5) is 20.3. The summed E-state index contributed by atoms with van der Waals surface area (Å²) in [6.45, 7) is 1.31. The zero-order chi connectivity index (χ0) is 13.8. The number of ether oxygens (including phenoxy) is 1. The molecule has 1 aliphatic heterocycles. The van der Waals surface area contributed by atoms with Crippen molar-refractivity contribution in [3.63, 3.8) is 0 Å². The Labute approximate surface area is 109 Å². The van der Waals surface area contributed by atoms with E-state index < -0.39 is 4.92 Å². The highest BCUT2D eigenvalue weighted by Crippen LogP contribution is 2.32. The van der Waals surface area contributed by atoms with Crippen LogP contribution in [0.1, 0.15) is 12.8 Å². The molecule has 0 saturated carbocycles. The standard InChI is InChI=1S/C10H16N6O3/c1-19-7-2-4-15(5-3-7)10-8(16(17)18)9(14-11)12-6-13-10/h6-7H,2-5,11H2,1H3,(H,12,13,14). The summed E-state index contributed by atoms with van der Waals surface area (Å²) in [5, 5.41) is 11.1. The van der Waals surface area contributed by atoms with E-state index in [0.29, 0.717) is 18.9 Å². The minimum absolute atomic E-state index is 0.0175. The fourth-order valence-corrected chi connectivity index (χ4v) is 2.18. The molecule has 1 aliphatic rings. The van der Waals surface area contributed by atoms with Crippen molar-refractivity contribution in [3.05, 3.63) is 16.4 Å². The molecular weight excluding hydrogens is 252 g/mol. The molecule has 9 heteroatoms. The topological polar surface area (TPSA) is 119 Å². The van der Waals surface area contributed by atoms with E-state index in [-0.39, 0.29) is 17.6 Å². The summed E-state index contributed by atoms with van der Waals surface area (Å²) in [7, 11) is 1.67. The number of nitro groups is 1. The lowest BCUT2D eigenvalue weighted by Crippen LogP contribution is -2.37. The molecule has 0 unspecified atom stereocenters. The molecule has 2 rings (SSSR count). The summed E-state index contributed by atoms with van der Waals surface area (Å²) in [6.07, 6.45) is 3.08. The molecule has 0 bridgehead atoms. The number of rotatable bonds is 4. The molecule has 0 radical (unpaired) electrons. The molecule has 104 valence electrons. The number of methoxy groups -OCH3 is 1. The van der Waals surface area contributed by atoms with E-state index >= 15 is 0 Å². The van der Waals surface area contributed by atoms with Crippen LogP contribution in [0.2, 0.25) is 0 Å². The summed E-state index contributed by atoms with van der Waals surface area (Å²) < 4.78 is 5.27. The van der Waals surface area contributed by atoms with Crippen molar-refractivity contribution in [1.82, 2.24) is 9.97 Å². The zero-order valence-corrected chi connectivity index (χ0v) is 10.6. The molecule has 0 aliphatic carbocycles.